The lowest BCUT2D eigenvalue weighted by Crippen LogP contribution is -2.41. The van der Waals surface area contributed by atoms with Gasteiger partial charge in [-0.1, -0.05) is 33.8 Å². The maximum atomic E-state index is 13.2. The third kappa shape index (κ3) is 6.31. The Morgan fingerprint density at radius 1 is 1.17 bits per heavy atom. The summed E-state index contributed by atoms with van der Waals surface area (Å²) in [6.45, 7) is 9.24. The normalized spacial score (nSPS) is 12.4. The van der Waals surface area contributed by atoms with Crippen LogP contribution < -0.4 is 16.0 Å². The number of anilines is 2. The Kier molecular flexibility index (Phi) is 7.98. The van der Waals surface area contributed by atoms with E-state index in [9.17, 15) is 9.18 Å². The van der Waals surface area contributed by atoms with Crippen LogP contribution in [0.4, 0.5) is 20.6 Å². The molecule has 0 aromatic heterocycles. The van der Waals surface area contributed by atoms with E-state index in [0.29, 0.717) is 12.5 Å². The SMILES string of the molecule is CNC(=O)NCC(C)(C)C(CC(C)C)c1ccc(Nc2ccc(F)cc2)c(C=N)c1. The molecule has 0 saturated carbocycles. The van der Waals surface area contributed by atoms with Gasteiger partial charge in [-0.2, -0.15) is 0 Å². The van der Waals surface area contributed by atoms with Crippen molar-refractivity contribution in [3.05, 3.63) is 59.4 Å². The maximum absolute atomic E-state index is 13.2. The Bertz CT molecular complexity index is 862. The summed E-state index contributed by atoms with van der Waals surface area (Å²) in [5.41, 5.74) is 3.28. The van der Waals surface area contributed by atoms with Crippen molar-refractivity contribution in [3.63, 3.8) is 0 Å². The molecule has 0 spiro atoms. The first-order valence-electron chi connectivity index (χ1n) is 10.3. The summed E-state index contributed by atoms with van der Waals surface area (Å²) in [6.07, 6.45) is 2.29. The van der Waals surface area contributed by atoms with E-state index < -0.39 is 0 Å². The zero-order chi connectivity index (χ0) is 22.3. The number of halogens is 1. The number of carbonyl (C=O) groups excluding carboxylic acids is 1. The van der Waals surface area contributed by atoms with Gasteiger partial charge in [-0.3, -0.25) is 0 Å². The summed E-state index contributed by atoms with van der Waals surface area (Å²) < 4.78 is 13.2. The average molecular weight is 413 g/mol. The molecule has 162 valence electrons. The lowest BCUT2D eigenvalue weighted by atomic mass is 9.71. The molecule has 2 rings (SSSR count). The molecular weight excluding hydrogens is 379 g/mol. The molecule has 6 heteroatoms. The van der Waals surface area contributed by atoms with Crippen LogP contribution in [-0.4, -0.2) is 25.8 Å². The van der Waals surface area contributed by atoms with E-state index >= 15 is 0 Å². The van der Waals surface area contributed by atoms with Crippen molar-refractivity contribution in [1.29, 1.82) is 5.41 Å². The molecule has 0 saturated heterocycles. The van der Waals surface area contributed by atoms with Crippen LogP contribution in [0.25, 0.3) is 0 Å². The fourth-order valence-corrected chi connectivity index (χ4v) is 3.62. The Morgan fingerprint density at radius 3 is 2.40 bits per heavy atom. The highest BCUT2D eigenvalue weighted by Crippen LogP contribution is 2.41. The van der Waals surface area contributed by atoms with Gasteiger partial charge in [0.1, 0.15) is 5.82 Å². The standard InChI is InChI=1S/C24H33FN4O/c1-16(2)12-21(24(3,4)15-28-23(30)27-5)17-6-11-22(18(13-17)14-26)29-20-9-7-19(25)8-10-20/h6-11,13-14,16,21,26,29H,12,15H2,1-5H3,(H2,27,28,30). The fraction of sp³-hybridized carbons (Fsp3) is 0.417. The maximum Gasteiger partial charge on any atom is 0.314 e. The summed E-state index contributed by atoms with van der Waals surface area (Å²) in [7, 11) is 1.61. The minimum Gasteiger partial charge on any atom is -0.355 e. The molecule has 0 radical (unpaired) electrons. The number of rotatable bonds is 9. The predicted octanol–water partition coefficient (Wildman–Crippen LogP) is 5.65. The second-order valence-electron chi connectivity index (χ2n) is 8.73. The first-order chi connectivity index (χ1) is 14.2. The molecule has 1 unspecified atom stereocenters. The van der Waals surface area contributed by atoms with Gasteiger partial charge in [0.15, 0.2) is 0 Å². The largest absolute Gasteiger partial charge is 0.355 e. The second-order valence-corrected chi connectivity index (χ2v) is 8.73. The highest BCUT2D eigenvalue weighted by atomic mass is 19.1. The first kappa shape index (κ1) is 23.4. The van der Waals surface area contributed by atoms with Gasteiger partial charge >= 0.3 is 6.03 Å². The van der Waals surface area contributed by atoms with Crippen LogP contribution in [0, 0.1) is 22.6 Å². The molecule has 2 amide bonds. The minimum atomic E-state index is -0.285. The Hall–Kier alpha value is -2.89. The summed E-state index contributed by atoms with van der Waals surface area (Å²) >= 11 is 0. The van der Waals surface area contributed by atoms with Gasteiger partial charge in [-0.05, 0) is 65.6 Å². The smallest absolute Gasteiger partial charge is 0.314 e. The van der Waals surface area contributed by atoms with Crippen molar-refractivity contribution in [1.82, 2.24) is 10.6 Å². The van der Waals surface area contributed by atoms with Gasteiger partial charge in [0.05, 0.1) is 0 Å². The third-order valence-corrected chi connectivity index (χ3v) is 5.34. The van der Waals surface area contributed by atoms with Crippen LogP contribution in [0.5, 0.6) is 0 Å². The van der Waals surface area contributed by atoms with E-state index in [2.05, 4.69) is 49.7 Å². The predicted molar refractivity (Wildman–Crippen MR) is 122 cm³/mol. The van der Waals surface area contributed by atoms with Crippen LogP contribution in [-0.2, 0) is 0 Å². The van der Waals surface area contributed by atoms with Gasteiger partial charge in [0.25, 0.3) is 0 Å². The zero-order valence-electron chi connectivity index (χ0n) is 18.5. The van der Waals surface area contributed by atoms with Crippen LogP contribution in [0.1, 0.15) is 51.2 Å². The quantitative estimate of drug-likeness (QED) is 0.402. The molecule has 2 aromatic rings. The molecule has 2 aromatic carbocycles. The lowest BCUT2D eigenvalue weighted by Gasteiger charge is -2.36. The molecule has 30 heavy (non-hydrogen) atoms. The summed E-state index contributed by atoms with van der Waals surface area (Å²) in [5, 5.41) is 16.7. The van der Waals surface area contributed by atoms with Crippen molar-refractivity contribution in [2.45, 2.75) is 40.0 Å². The topological polar surface area (TPSA) is 77.0 Å². The van der Waals surface area contributed by atoms with Gasteiger partial charge in [0.2, 0.25) is 0 Å². The molecule has 0 fully saturated rings. The Morgan fingerprint density at radius 2 is 1.83 bits per heavy atom. The molecular formula is C24H33FN4O. The molecule has 0 aliphatic rings. The molecule has 4 N–H and O–H groups in total. The van der Waals surface area contributed by atoms with Crippen molar-refractivity contribution in [2.24, 2.45) is 11.3 Å². The fourth-order valence-electron chi connectivity index (χ4n) is 3.62. The van der Waals surface area contributed by atoms with Crippen LogP contribution in [0.15, 0.2) is 42.5 Å². The minimum absolute atomic E-state index is 0.179. The van der Waals surface area contributed by atoms with Crippen LogP contribution in [0.2, 0.25) is 0 Å². The van der Waals surface area contributed by atoms with Crippen molar-refractivity contribution >= 4 is 23.6 Å². The molecule has 0 bridgehead atoms. The van der Waals surface area contributed by atoms with E-state index in [0.717, 1.165) is 28.9 Å². The third-order valence-electron chi connectivity index (χ3n) is 5.34. The van der Waals surface area contributed by atoms with Gasteiger partial charge in [-0.15, -0.1) is 0 Å². The first-order valence-corrected chi connectivity index (χ1v) is 10.3. The van der Waals surface area contributed by atoms with E-state index in [1.165, 1.54) is 18.3 Å². The van der Waals surface area contributed by atoms with Gasteiger partial charge in [-0.25, -0.2) is 9.18 Å². The van der Waals surface area contributed by atoms with Crippen molar-refractivity contribution < 1.29 is 9.18 Å². The number of benzene rings is 2. The number of nitrogens with one attached hydrogen (secondary N) is 4. The lowest BCUT2D eigenvalue weighted by molar-refractivity contribution is 0.219. The molecule has 0 aliphatic heterocycles. The highest BCUT2D eigenvalue weighted by molar-refractivity contribution is 5.87. The highest BCUT2D eigenvalue weighted by Gasteiger charge is 2.32. The van der Waals surface area contributed by atoms with Crippen LogP contribution in [0.3, 0.4) is 0 Å². The molecule has 1 atom stereocenters. The van der Waals surface area contributed by atoms with Crippen molar-refractivity contribution in [2.75, 3.05) is 18.9 Å². The number of urea groups is 1. The molecule has 0 heterocycles. The number of amides is 2. The Labute approximate surface area is 179 Å². The van der Waals surface area contributed by atoms with Gasteiger partial charge < -0.3 is 21.4 Å². The van der Waals surface area contributed by atoms with Crippen LogP contribution >= 0.6 is 0 Å². The number of hydrogen-bond acceptors (Lipinski definition) is 3. The van der Waals surface area contributed by atoms with E-state index in [1.807, 2.05) is 12.1 Å². The zero-order valence-corrected chi connectivity index (χ0v) is 18.5. The number of carbonyl (C=O) groups is 1. The second kappa shape index (κ2) is 10.2. The van der Waals surface area contributed by atoms with E-state index in [1.54, 1.807) is 19.2 Å². The molecule has 5 nitrogen and oxygen atoms in total. The molecule has 0 aliphatic carbocycles. The summed E-state index contributed by atoms with van der Waals surface area (Å²) in [5.74, 6) is 0.398. The Balaban J connectivity index is 2.33. The summed E-state index contributed by atoms with van der Waals surface area (Å²) in [4.78, 5) is 11.7. The monoisotopic (exact) mass is 412 g/mol. The van der Waals surface area contributed by atoms with E-state index in [4.69, 9.17) is 5.41 Å². The van der Waals surface area contributed by atoms with E-state index in [-0.39, 0.29) is 23.2 Å². The number of hydrogen-bond donors (Lipinski definition) is 4. The van der Waals surface area contributed by atoms with Gasteiger partial charge in [0, 0.05) is 36.7 Å². The van der Waals surface area contributed by atoms with Crippen molar-refractivity contribution in [3.8, 4) is 0 Å². The summed E-state index contributed by atoms with van der Waals surface area (Å²) in [6, 6.07) is 12.0. The average Bonchev–Trinajstić information content (AvgIpc) is 2.72.